The molecule has 0 spiro atoms. The molecule has 0 bridgehead atoms. The minimum Gasteiger partial charge on any atom is -0.396 e. The maximum Gasteiger partial charge on any atom is 0.253 e. The number of nitrogens with zero attached hydrogens (tertiary/aromatic N) is 1. The lowest BCUT2D eigenvalue weighted by atomic mass is 10.2. The Bertz CT molecular complexity index is 379. The lowest BCUT2D eigenvalue weighted by Gasteiger charge is -2.12. The summed E-state index contributed by atoms with van der Waals surface area (Å²) < 4.78 is 0. The van der Waals surface area contributed by atoms with Gasteiger partial charge in [0, 0.05) is 30.6 Å². The summed E-state index contributed by atoms with van der Waals surface area (Å²) in [6.07, 6.45) is 3.92. The van der Waals surface area contributed by atoms with Gasteiger partial charge in [0.25, 0.3) is 5.91 Å². The molecular weight excluding hydrogens is 208 g/mol. The van der Waals surface area contributed by atoms with Crippen LogP contribution < -0.4 is 5.32 Å². The van der Waals surface area contributed by atoms with Crippen molar-refractivity contribution in [1.82, 2.24) is 10.3 Å². The van der Waals surface area contributed by atoms with E-state index in [0.29, 0.717) is 23.8 Å². The van der Waals surface area contributed by atoms with Crippen LogP contribution in [0.5, 0.6) is 0 Å². The van der Waals surface area contributed by atoms with Gasteiger partial charge in [-0.3, -0.25) is 14.6 Å². The fourth-order valence-corrected chi connectivity index (χ4v) is 1.22. The molecule has 16 heavy (non-hydrogen) atoms. The predicted octanol–water partition coefficient (Wildman–Crippen LogP) is 0.395. The van der Waals surface area contributed by atoms with Crippen molar-refractivity contribution < 1.29 is 14.7 Å². The van der Waals surface area contributed by atoms with Crippen molar-refractivity contribution in [2.75, 3.05) is 6.61 Å². The summed E-state index contributed by atoms with van der Waals surface area (Å²) >= 11 is 0. The molecule has 0 aliphatic heterocycles. The van der Waals surface area contributed by atoms with Gasteiger partial charge in [-0.25, -0.2) is 0 Å². The lowest BCUT2D eigenvalue weighted by molar-refractivity contribution is 0.0934. The zero-order chi connectivity index (χ0) is 12.0. The van der Waals surface area contributed by atoms with Gasteiger partial charge in [0.15, 0.2) is 6.29 Å². The first-order valence-corrected chi connectivity index (χ1v) is 4.99. The van der Waals surface area contributed by atoms with Crippen LogP contribution in [-0.4, -0.2) is 34.9 Å². The van der Waals surface area contributed by atoms with Crippen molar-refractivity contribution in [3.8, 4) is 0 Å². The molecule has 0 saturated heterocycles. The Kier molecular flexibility index (Phi) is 4.60. The van der Waals surface area contributed by atoms with Crippen molar-refractivity contribution in [2.24, 2.45) is 0 Å². The highest BCUT2D eigenvalue weighted by molar-refractivity contribution is 5.95. The summed E-state index contributed by atoms with van der Waals surface area (Å²) in [4.78, 5) is 25.9. The normalized spacial score (nSPS) is 11.9. The fraction of sp³-hybridized carbons (Fsp3) is 0.364. The zero-order valence-electron chi connectivity index (χ0n) is 9.01. The molecule has 0 aromatic carbocycles. The minimum absolute atomic E-state index is 0.0219. The third-order valence-electron chi connectivity index (χ3n) is 2.10. The van der Waals surface area contributed by atoms with Gasteiger partial charge in [-0.2, -0.15) is 0 Å². The summed E-state index contributed by atoms with van der Waals surface area (Å²) in [6.45, 7) is 1.82. The molecular formula is C11H14N2O3. The van der Waals surface area contributed by atoms with Gasteiger partial charge < -0.3 is 10.4 Å². The number of carbonyl (C=O) groups excluding carboxylic acids is 2. The molecule has 1 unspecified atom stereocenters. The van der Waals surface area contributed by atoms with E-state index >= 15 is 0 Å². The number of aliphatic hydroxyl groups is 1. The highest BCUT2D eigenvalue weighted by Crippen LogP contribution is 2.01. The number of amides is 1. The molecule has 0 aliphatic carbocycles. The Morgan fingerprint density at radius 2 is 2.38 bits per heavy atom. The number of aldehydes is 1. The first-order chi connectivity index (χ1) is 7.67. The van der Waals surface area contributed by atoms with Gasteiger partial charge in [0.2, 0.25) is 0 Å². The number of hydrogen-bond acceptors (Lipinski definition) is 4. The van der Waals surface area contributed by atoms with Crippen molar-refractivity contribution in [1.29, 1.82) is 0 Å². The topological polar surface area (TPSA) is 79.3 Å². The number of aliphatic hydroxyl groups excluding tert-OH is 1. The number of carbonyl (C=O) groups is 2. The van der Waals surface area contributed by atoms with E-state index in [1.807, 2.05) is 0 Å². The van der Waals surface area contributed by atoms with Gasteiger partial charge in [-0.15, -0.1) is 0 Å². The summed E-state index contributed by atoms with van der Waals surface area (Å²) in [6, 6.07) is 1.36. The highest BCUT2D eigenvalue weighted by Gasteiger charge is 2.09. The van der Waals surface area contributed by atoms with Gasteiger partial charge in [-0.1, -0.05) is 0 Å². The molecule has 0 saturated carbocycles. The summed E-state index contributed by atoms with van der Waals surface area (Å²) in [5.74, 6) is -0.294. The molecule has 0 aliphatic rings. The van der Waals surface area contributed by atoms with E-state index < -0.39 is 0 Å². The second-order valence-corrected chi connectivity index (χ2v) is 3.51. The Morgan fingerprint density at radius 3 is 3.00 bits per heavy atom. The van der Waals surface area contributed by atoms with Gasteiger partial charge in [-0.05, 0) is 19.4 Å². The summed E-state index contributed by atoms with van der Waals surface area (Å²) in [5, 5.41) is 11.4. The molecule has 1 aromatic rings. The Balaban J connectivity index is 2.68. The van der Waals surface area contributed by atoms with Crippen LogP contribution in [0.1, 0.15) is 34.1 Å². The average Bonchev–Trinajstić information content (AvgIpc) is 2.29. The minimum atomic E-state index is -0.294. The summed E-state index contributed by atoms with van der Waals surface area (Å²) in [7, 11) is 0. The van der Waals surface area contributed by atoms with Crippen LogP contribution in [0.25, 0.3) is 0 Å². The molecule has 0 radical (unpaired) electrons. The van der Waals surface area contributed by atoms with Crippen LogP contribution in [0, 0.1) is 0 Å². The van der Waals surface area contributed by atoms with Crippen molar-refractivity contribution in [2.45, 2.75) is 19.4 Å². The number of rotatable bonds is 5. The average molecular weight is 222 g/mol. The monoisotopic (exact) mass is 222 g/mol. The molecule has 1 rings (SSSR count). The molecule has 1 amide bonds. The Morgan fingerprint density at radius 1 is 1.62 bits per heavy atom. The van der Waals surface area contributed by atoms with Crippen LogP contribution >= 0.6 is 0 Å². The fourth-order valence-electron chi connectivity index (χ4n) is 1.22. The summed E-state index contributed by atoms with van der Waals surface area (Å²) in [5.41, 5.74) is 0.705. The van der Waals surface area contributed by atoms with Gasteiger partial charge in [0.05, 0.1) is 5.56 Å². The van der Waals surface area contributed by atoms with Crippen LogP contribution in [0.2, 0.25) is 0 Å². The third kappa shape index (κ3) is 3.43. The number of aromatic nitrogens is 1. The number of nitrogens with one attached hydrogen (secondary N) is 1. The zero-order valence-corrected chi connectivity index (χ0v) is 9.01. The lowest BCUT2D eigenvalue weighted by Crippen LogP contribution is -2.33. The quantitative estimate of drug-likeness (QED) is 0.706. The maximum absolute atomic E-state index is 11.6. The van der Waals surface area contributed by atoms with E-state index in [2.05, 4.69) is 10.3 Å². The van der Waals surface area contributed by atoms with E-state index in [1.54, 1.807) is 6.92 Å². The second-order valence-electron chi connectivity index (χ2n) is 3.51. The molecule has 1 aromatic heterocycles. The van der Waals surface area contributed by atoms with Crippen LogP contribution in [0.4, 0.5) is 0 Å². The van der Waals surface area contributed by atoms with Crippen molar-refractivity contribution in [3.63, 3.8) is 0 Å². The molecule has 1 heterocycles. The van der Waals surface area contributed by atoms with E-state index in [0.717, 1.165) is 0 Å². The van der Waals surface area contributed by atoms with E-state index in [-0.39, 0.29) is 18.6 Å². The van der Waals surface area contributed by atoms with Crippen molar-refractivity contribution in [3.05, 3.63) is 29.6 Å². The standard InChI is InChI=1S/C11H14N2O3/c1-8(2-3-14)13-11(16)10-4-9(7-15)5-12-6-10/h4-8,14H,2-3H2,1H3,(H,13,16). The number of hydrogen-bond donors (Lipinski definition) is 2. The first kappa shape index (κ1) is 12.3. The molecule has 1 atom stereocenters. The number of pyridine rings is 1. The Hall–Kier alpha value is -1.75. The molecule has 5 heteroatoms. The van der Waals surface area contributed by atoms with Crippen LogP contribution in [-0.2, 0) is 0 Å². The third-order valence-corrected chi connectivity index (χ3v) is 2.10. The maximum atomic E-state index is 11.6. The molecule has 86 valence electrons. The van der Waals surface area contributed by atoms with Gasteiger partial charge in [0.1, 0.15) is 0 Å². The van der Waals surface area contributed by atoms with E-state index in [9.17, 15) is 9.59 Å². The van der Waals surface area contributed by atoms with Crippen LogP contribution in [0.3, 0.4) is 0 Å². The predicted molar refractivity (Wildman–Crippen MR) is 58.3 cm³/mol. The molecule has 5 nitrogen and oxygen atoms in total. The SMILES string of the molecule is CC(CCO)NC(=O)c1cncc(C=O)c1. The first-order valence-electron chi connectivity index (χ1n) is 4.99. The van der Waals surface area contributed by atoms with E-state index in [1.165, 1.54) is 18.5 Å². The Labute approximate surface area is 93.5 Å². The molecule has 2 N–H and O–H groups in total. The van der Waals surface area contributed by atoms with Gasteiger partial charge >= 0.3 is 0 Å². The second kappa shape index (κ2) is 5.97. The smallest absolute Gasteiger partial charge is 0.253 e. The van der Waals surface area contributed by atoms with E-state index in [4.69, 9.17) is 5.11 Å². The van der Waals surface area contributed by atoms with Crippen LogP contribution in [0.15, 0.2) is 18.5 Å². The molecule has 0 fully saturated rings. The highest BCUT2D eigenvalue weighted by atomic mass is 16.3. The largest absolute Gasteiger partial charge is 0.396 e. The van der Waals surface area contributed by atoms with Crippen molar-refractivity contribution >= 4 is 12.2 Å².